The zero-order chi connectivity index (χ0) is 23.5. The van der Waals surface area contributed by atoms with E-state index in [0.29, 0.717) is 11.4 Å². The van der Waals surface area contributed by atoms with Crippen LogP contribution in [0.4, 0.5) is 5.69 Å². The van der Waals surface area contributed by atoms with Gasteiger partial charge in [0.15, 0.2) is 6.02 Å². The molecule has 0 radical (unpaired) electrons. The highest BCUT2D eigenvalue weighted by Crippen LogP contribution is 2.63. The number of carboxylic acid groups (broad SMARTS) is 1. The van der Waals surface area contributed by atoms with Crippen LogP contribution in [0, 0.1) is 5.41 Å². The molecule has 1 heterocycles. The molecule has 2 unspecified atom stereocenters. The molecule has 1 fully saturated rings. The smallest absolute Gasteiger partial charge is 0.329 e. The van der Waals surface area contributed by atoms with Crippen molar-refractivity contribution in [1.29, 1.82) is 0 Å². The second kappa shape index (κ2) is 7.01. The van der Waals surface area contributed by atoms with E-state index in [0.717, 1.165) is 16.3 Å². The predicted octanol–water partition coefficient (Wildman–Crippen LogP) is 6.23. The third-order valence-electron chi connectivity index (χ3n) is 5.83. The van der Waals surface area contributed by atoms with Crippen molar-refractivity contribution in [2.75, 3.05) is 4.90 Å². The molecule has 0 aliphatic carbocycles. The van der Waals surface area contributed by atoms with Crippen LogP contribution in [0.25, 0.3) is 10.8 Å². The van der Waals surface area contributed by atoms with Gasteiger partial charge in [0.1, 0.15) is 16.9 Å². The van der Waals surface area contributed by atoms with Crippen LogP contribution in [0.1, 0.15) is 48.5 Å². The summed E-state index contributed by atoms with van der Waals surface area (Å²) in [7, 11) is 0. The molecule has 0 spiro atoms. The lowest BCUT2D eigenvalue weighted by molar-refractivity contribution is -0.137. The number of carboxylic acids is 1. The Balaban J connectivity index is 1.99. The fourth-order valence-corrected chi connectivity index (χ4v) is 4.66. The Kier molecular flexibility index (Phi) is 4.51. The first kappa shape index (κ1) is 19.9. The zero-order valence-electron chi connectivity index (χ0n) is 20.1. The molecule has 0 amide bonds. The molecule has 0 saturated carbocycles. The molecule has 4 nitrogen and oxygen atoms in total. The van der Waals surface area contributed by atoms with Crippen LogP contribution < -0.4 is 9.64 Å². The summed E-state index contributed by atoms with van der Waals surface area (Å²) in [5.41, 5.74) is -0.694. The van der Waals surface area contributed by atoms with Crippen molar-refractivity contribution in [3.8, 4) is 5.75 Å². The number of anilines is 1. The predicted molar refractivity (Wildman–Crippen MR) is 126 cm³/mol. The molecular weight excluding hydrogens is 386 g/mol. The molecule has 3 aromatic carbocycles. The lowest BCUT2D eigenvalue weighted by Gasteiger charge is -2.33. The summed E-state index contributed by atoms with van der Waals surface area (Å²) >= 11 is 0. The Morgan fingerprint density at radius 1 is 0.968 bits per heavy atom. The van der Waals surface area contributed by atoms with Gasteiger partial charge in [-0.05, 0) is 60.7 Å². The maximum absolute atomic E-state index is 12.7. The van der Waals surface area contributed by atoms with Crippen LogP contribution in [-0.2, 0) is 10.3 Å². The molecular formula is C27H31NO3. The number of carbonyl (C=O) groups is 1. The summed E-state index contributed by atoms with van der Waals surface area (Å²) < 4.78 is 15.5. The second-order valence-corrected chi connectivity index (χ2v) is 10.2. The van der Waals surface area contributed by atoms with Crippen LogP contribution in [0.15, 0.2) is 66.7 Å². The number of rotatable bonds is 4. The first-order chi connectivity index (χ1) is 14.8. The molecule has 3 aromatic rings. The molecule has 2 atom stereocenters. The Morgan fingerprint density at radius 3 is 2.19 bits per heavy atom. The minimum atomic E-state index is -1.88. The van der Waals surface area contributed by atoms with Crippen molar-refractivity contribution in [3.05, 3.63) is 72.3 Å². The van der Waals surface area contributed by atoms with E-state index in [-0.39, 0.29) is 0 Å². The third-order valence-corrected chi connectivity index (χ3v) is 5.83. The van der Waals surface area contributed by atoms with Gasteiger partial charge in [-0.2, -0.15) is 0 Å². The number of aliphatic carboxylic acids is 1. The molecule has 4 rings (SSSR count). The van der Waals surface area contributed by atoms with Gasteiger partial charge in [-0.1, -0.05) is 69.3 Å². The van der Waals surface area contributed by atoms with Gasteiger partial charge >= 0.3 is 5.97 Å². The number of fused-ring (bicyclic) bond motifs is 1. The summed E-state index contributed by atoms with van der Waals surface area (Å²) in [6, 6.07) is 19.5. The standard InChI is InChI=1S/C27H31NO3/c1-25(2,3)27(20-16-15-18-11-7-8-12-19(18)17-20)23(24(29)30)28(27)21-13-9-10-14-22(21)31-26(4,5)6/h7-17,23H,1-6H3,(H,29,30)/i23D. The molecule has 0 aromatic heterocycles. The van der Waals surface area contributed by atoms with Gasteiger partial charge in [-0.25, -0.2) is 4.79 Å². The largest absolute Gasteiger partial charge is 0.486 e. The molecule has 31 heavy (non-hydrogen) atoms. The average Bonchev–Trinajstić information content (AvgIpc) is 3.29. The first-order valence-corrected chi connectivity index (χ1v) is 10.6. The number of benzene rings is 3. The van der Waals surface area contributed by atoms with Crippen LogP contribution in [0.3, 0.4) is 0 Å². The first-order valence-electron chi connectivity index (χ1n) is 11.1. The van der Waals surface area contributed by atoms with Gasteiger partial charge in [-0.15, -0.1) is 0 Å². The molecule has 1 aliphatic rings. The molecule has 1 aliphatic heterocycles. The number of nitrogens with zero attached hydrogens (tertiary/aromatic N) is 1. The average molecular weight is 419 g/mol. The maximum Gasteiger partial charge on any atom is 0.329 e. The fourth-order valence-electron chi connectivity index (χ4n) is 4.66. The topological polar surface area (TPSA) is 49.5 Å². The molecule has 162 valence electrons. The van der Waals surface area contributed by atoms with Crippen molar-refractivity contribution in [2.24, 2.45) is 5.41 Å². The van der Waals surface area contributed by atoms with E-state index in [1.165, 1.54) is 0 Å². The van der Waals surface area contributed by atoms with Crippen molar-refractivity contribution >= 4 is 22.4 Å². The van der Waals surface area contributed by atoms with E-state index >= 15 is 0 Å². The monoisotopic (exact) mass is 418 g/mol. The summed E-state index contributed by atoms with van der Waals surface area (Å²) in [5, 5.41) is 12.5. The highest BCUT2D eigenvalue weighted by atomic mass is 16.5. The zero-order valence-corrected chi connectivity index (χ0v) is 19.1. The number of para-hydroxylation sites is 2. The second-order valence-electron chi connectivity index (χ2n) is 10.2. The van der Waals surface area contributed by atoms with E-state index in [9.17, 15) is 11.3 Å². The molecule has 1 saturated heterocycles. The summed E-state index contributed by atoms with van der Waals surface area (Å²) in [6.45, 7) is 11.9. The van der Waals surface area contributed by atoms with Gasteiger partial charge in [0, 0.05) is 0 Å². The van der Waals surface area contributed by atoms with Gasteiger partial charge < -0.3 is 14.7 Å². The van der Waals surface area contributed by atoms with Crippen LogP contribution >= 0.6 is 0 Å². The van der Waals surface area contributed by atoms with Gasteiger partial charge in [0.25, 0.3) is 0 Å². The minimum Gasteiger partial charge on any atom is -0.486 e. The Labute approximate surface area is 185 Å². The maximum atomic E-state index is 12.7. The normalized spacial score (nSPS) is 24.1. The summed E-state index contributed by atoms with van der Waals surface area (Å²) in [5.74, 6) is -0.601. The van der Waals surface area contributed by atoms with Gasteiger partial charge in [-0.3, -0.25) is 0 Å². The number of hydrogen-bond acceptors (Lipinski definition) is 3. The van der Waals surface area contributed by atoms with Crippen molar-refractivity contribution in [3.63, 3.8) is 0 Å². The minimum absolute atomic E-state index is 0.465. The summed E-state index contributed by atoms with van der Waals surface area (Å²) in [4.78, 5) is 14.4. The Bertz CT molecular complexity index is 1190. The molecule has 0 bridgehead atoms. The Hall–Kier alpha value is -3.01. The highest BCUT2D eigenvalue weighted by Gasteiger charge is 2.73. The van der Waals surface area contributed by atoms with Gasteiger partial charge in [0.2, 0.25) is 0 Å². The van der Waals surface area contributed by atoms with E-state index in [4.69, 9.17) is 4.74 Å². The number of ether oxygens (including phenoxy) is 1. The lowest BCUT2D eigenvalue weighted by atomic mass is 9.72. The van der Waals surface area contributed by atoms with Crippen LogP contribution in [-0.4, -0.2) is 22.7 Å². The quantitative estimate of drug-likeness (QED) is 0.510. The van der Waals surface area contributed by atoms with E-state index in [1.807, 2.05) is 108 Å². The van der Waals surface area contributed by atoms with Crippen molar-refractivity contribution < 1.29 is 16.0 Å². The van der Waals surface area contributed by atoms with E-state index < -0.39 is 28.5 Å². The van der Waals surface area contributed by atoms with Crippen molar-refractivity contribution in [2.45, 2.75) is 58.7 Å². The third kappa shape index (κ3) is 3.44. The van der Waals surface area contributed by atoms with Gasteiger partial charge in [0.05, 0.1) is 7.06 Å². The lowest BCUT2D eigenvalue weighted by Crippen LogP contribution is -2.34. The highest BCUT2D eigenvalue weighted by molar-refractivity contribution is 5.93. The fraction of sp³-hybridized carbons (Fsp3) is 0.370. The Morgan fingerprint density at radius 2 is 1.58 bits per heavy atom. The SMILES string of the molecule is [2H]C1(C(=O)O)N(c2ccccc2OC(C)(C)C)C1(c1ccc2ccccc2c1)C(C)(C)C. The van der Waals surface area contributed by atoms with Crippen LogP contribution in [0.2, 0.25) is 0 Å². The van der Waals surface area contributed by atoms with Crippen LogP contribution in [0.5, 0.6) is 5.75 Å². The van der Waals surface area contributed by atoms with E-state index in [1.54, 1.807) is 4.90 Å². The van der Waals surface area contributed by atoms with Crippen molar-refractivity contribution in [1.82, 2.24) is 0 Å². The summed E-state index contributed by atoms with van der Waals surface area (Å²) in [6.07, 6.45) is 0. The molecule has 4 heteroatoms. The molecule has 1 N–H and O–H groups in total. The van der Waals surface area contributed by atoms with E-state index in [2.05, 4.69) is 0 Å². The number of hydrogen-bond donors (Lipinski definition) is 1.